The van der Waals surface area contributed by atoms with Crippen molar-refractivity contribution in [3.8, 4) is 16.9 Å². The van der Waals surface area contributed by atoms with E-state index in [0.717, 1.165) is 0 Å². The third-order valence-corrected chi connectivity index (χ3v) is 6.98. The number of hydrogen-bond acceptors (Lipinski definition) is 8. The molecule has 0 radical (unpaired) electrons. The van der Waals surface area contributed by atoms with E-state index >= 15 is 0 Å². The fourth-order valence-corrected chi connectivity index (χ4v) is 4.63. The summed E-state index contributed by atoms with van der Waals surface area (Å²) in [4.78, 5) is -0.559. The van der Waals surface area contributed by atoms with Gasteiger partial charge in [-0.05, 0) is 72.0 Å². The summed E-state index contributed by atoms with van der Waals surface area (Å²) >= 11 is 0. The van der Waals surface area contributed by atoms with Gasteiger partial charge in [-0.3, -0.25) is 9.11 Å². The maximum atomic E-state index is 11.7. The summed E-state index contributed by atoms with van der Waals surface area (Å²) in [6, 6.07) is 18.1. The SMILES string of the molecule is CCOc1cc(-c2ccc(N=Nc3cccc(S(=O)(=O)O)c3)cc2)c2cc(S(=O)(=O)O)ccc2c1N. The lowest BCUT2D eigenvalue weighted by molar-refractivity contribution is 0.342. The molecule has 0 spiro atoms. The highest BCUT2D eigenvalue weighted by molar-refractivity contribution is 7.86. The fraction of sp³-hybridized carbons (Fsp3) is 0.0833. The van der Waals surface area contributed by atoms with Crippen molar-refractivity contribution in [3.63, 3.8) is 0 Å². The van der Waals surface area contributed by atoms with Crippen molar-refractivity contribution in [2.24, 2.45) is 10.2 Å². The minimum atomic E-state index is -4.43. The van der Waals surface area contributed by atoms with E-state index in [9.17, 15) is 25.9 Å². The number of fused-ring (bicyclic) bond motifs is 1. The standard InChI is InChI=1S/C24H21N3O7S2/c1-2-34-23-14-21(22-13-19(36(31,32)33)10-11-20(22)24(23)25)15-6-8-16(9-7-15)26-27-17-4-3-5-18(12-17)35(28,29)30/h3-14H,2,25H2,1H3,(H,28,29,30)(H,31,32,33). The van der Waals surface area contributed by atoms with Gasteiger partial charge in [0.1, 0.15) is 5.75 Å². The lowest BCUT2D eigenvalue weighted by Gasteiger charge is -2.15. The molecule has 36 heavy (non-hydrogen) atoms. The van der Waals surface area contributed by atoms with Gasteiger partial charge in [-0.25, -0.2) is 0 Å². The van der Waals surface area contributed by atoms with Gasteiger partial charge in [-0.2, -0.15) is 27.1 Å². The first kappa shape index (κ1) is 25.3. The third-order valence-electron chi connectivity index (χ3n) is 5.28. The number of anilines is 1. The molecule has 0 saturated heterocycles. The van der Waals surface area contributed by atoms with Crippen LogP contribution in [0.1, 0.15) is 6.92 Å². The molecule has 4 N–H and O–H groups in total. The maximum absolute atomic E-state index is 11.7. The molecule has 0 heterocycles. The van der Waals surface area contributed by atoms with Gasteiger partial charge >= 0.3 is 0 Å². The highest BCUT2D eigenvalue weighted by Gasteiger charge is 2.17. The molecule has 0 aliphatic carbocycles. The Morgan fingerprint density at radius 2 is 1.42 bits per heavy atom. The molecule has 4 aromatic carbocycles. The molecule has 10 nitrogen and oxygen atoms in total. The second-order valence-corrected chi connectivity index (χ2v) is 10.5. The van der Waals surface area contributed by atoms with E-state index in [1.165, 1.54) is 42.5 Å². The molecule has 0 saturated carbocycles. The van der Waals surface area contributed by atoms with E-state index in [1.54, 1.807) is 30.3 Å². The molecule has 186 valence electrons. The van der Waals surface area contributed by atoms with E-state index in [-0.39, 0.29) is 15.5 Å². The van der Waals surface area contributed by atoms with Gasteiger partial charge in [0.25, 0.3) is 20.2 Å². The second-order valence-electron chi connectivity index (χ2n) is 7.67. The average molecular weight is 528 g/mol. The molecule has 0 atom stereocenters. The van der Waals surface area contributed by atoms with Crippen LogP contribution in [0.5, 0.6) is 5.75 Å². The van der Waals surface area contributed by atoms with E-state index < -0.39 is 20.2 Å². The molecule has 0 amide bonds. The quantitative estimate of drug-likeness (QED) is 0.163. The number of azo groups is 1. The van der Waals surface area contributed by atoms with Gasteiger partial charge in [0, 0.05) is 5.39 Å². The molecule has 0 fully saturated rings. The molecular weight excluding hydrogens is 506 g/mol. The first-order valence-electron chi connectivity index (χ1n) is 10.5. The highest BCUT2D eigenvalue weighted by Crippen LogP contribution is 2.40. The first-order valence-corrected chi connectivity index (χ1v) is 13.4. The van der Waals surface area contributed by atoms with Gasteiger partial charge < -0.3 is 10.5 Å². The van der Waals surface area contributed by atoms with Crippen LogP contribution in [-0.4, -0.2) is 32.5 Å². The van der Waals surface area contributed by atoms with E-state index in [0.29, 0.717) is 45.6 Å². The van der Waals surface area contributed by atoms with Crippen molar-refractivity contribution < 1.29 is 30.7 Å². The summed E-state index contributed by atoms with van der Waals surface area (Å²) in [6.45, 7) is 2.19. The minimum Gasteiger partial charge on any atom is -0.492 e. The van der Waals surface area contributed by atoms with Gasteiger partial charge in [0.15, 0.2) is 0 Å². The maximum Gasteiger partial charge on any atom is 0.294 e. The molecule has 12 heteroatoms. The van der Waals surface area contributed by atoms with Crippen LogP contribution in [-0.2, 0) is 20.2 Å². The van der Waals surface area contributed by atoms with Gasteiger partial charge in [0.2, 0.25) is 0 Å². The zero-order valence-electron chi connectivity index (χ0n) is 18.9. The number of nitrogen functional groups attached to an aromatic ring is 1. The number of benzene rings is 4. The summed E-state index contributed by atoms with van der Waals surface area (Å²) in [7, 11) is -8.79. The summed E-state index contributed by atoms with van der Waals surface area (Å²) in [5.41, 5.74) is 8.60. The zero-order valence-corrected chi connectivity index (χ0v) is 20.5. The molecule has 4 rings (SSSR count). The van der Waals surface area contributed by atoms with Crippen molar-refractivity contribution in [1.82, 2.24) is 0 Å². The Labute approximate surface area is 207 Å². The van der Waals surface area contributed by atoms with Gasteiger partial charge in [0.05, 0.1) is 33.5 Å². The Morgan fingerprint density at radius 1 is 0.778 bits per heavy atom. The zero-order chi connectivity index (χ0) is 26.1. The molecule has 0 aliphatic heterocycles. The molecule has 0 aromatic heterocycles. The van der Waals surface area contributed by atoms with Crippen LogP contribution in [0.3, 0.4) is 0 Å². The van der Waals surface area contributed by atoms with Crippen molar-refractivity contribution >= 4 is 48.1 Å². The number of nitrogens with zero attached hydrogens (tertiary/aromatic N) is 2. The number of ether oxygens (including phenoxy) is 1. The molecule has 0 unspecified atom stereocenters. The second kappa shape index (κ2) is 9.66. The van der Waals surface area contributed by atoms with Crippen LogP contribution < -0.4 is 10.5 Å². The first-order chi connectivity index (χ1) is 17.0. The van der Waals surface area contributed by atoms with Crippen LogP contribution in [0.25, 0.3) is 21.9 Å². The third kappa shape index (κ3) is 5.36. The molecular formula is C24H21N3O7S2. The van der Waals surface area contributed by atoms with Gasteiger partial charge in [-0.15, -0.1) is 0 Å². The van der Waals surface area contributed by atoms with Crippen LogP contribution in [0.2, 0.25) is 0 Å². The summed E-state index contributed by atoms with van der Waals surface area (Å²) in [6.07, 6.45) is 0. The summed E-state index contributed by atoms with van der Waals surface area (Å²) in [5, 5.41) is 9.17. The Bertz CT molecular complexity index is 1700. The van der Waals surface area contributed by atoms with Crippen LogP contribution in [0.15, 0.2) is 92.8 Å². The Balaban J connectivity index is 1.75. The smallest absolute Gasteiger partial charge is 0.294 e. The van der Waals surface area contributed by atoms with Crippen LogP contribution >= 0.6 is 0 Å². The minimum absolute atomic E-state index is 0.234. The van der Waals surface area contributed by atoms with Crippen molar-refractivity contribution in [3.05, 3.63) is 72.8 Å². The van der Waals surface area contributed by atoms with E-state index in [1.807, 2.05) is 6.92 Å². The number of hydrogen-bond donors (Lipinski definition) is 3. The lowest BCUT2D eigenvalue weighted by atomic mass is 9.96. The summed E-state index contributed by atoms with van der Waals surface area (Å²) < 4.78 is 70.4. The van der Waals surface area contributed by atoms with Crippen molar-refractivity contribution in [1.29, 1.82) is 0 Å². The van der Waals surface area contributed by atoms with Crippen molar-refractivity contribution in [2.75, 3.05) is 12.3 Å². The number of nitrogens with two attached hydrogens (primary N) is 1. The molecule has 4 aromatic rings. The lowest BCUT2D eigenvalue weighted by Crippen LogP contribution is -2.01. The number of rotatable bonds is 7. The molecule has 0 bridgehead atoms. The highest BCUT2D eigenvalue weighted by atomic mass is 32.2. The topological polar surface area (TPSA) is 169 Å². The van der Waals surface area contributed by atoms with Crippen LogP contribution in [0.4, 0.5) is 17.1 Å². The normalized spacial score (nSPS) is 12.3. The fourth-order valence-electron chi connectivity index (χ4n) is 3.60. The monoisotopic (exact) mass is 527 g/mol. The van der Waals surface area contributed by atoms with Crippen LogP contribution in [0, 0.1) is 0 Å². The largest absolute Gasteiger partial charge is 0.492 e. The summed E-state index contributed by atoms with van der Waals surface area (Å²) in [5.74, 6) is 0.432. The average Bonchev–Trinajstić information content (AvgIpc) is 2.84. The van der Waals surface area contributed by atoms with E-state index in [2.05, 4.69) is 10.2 Å². The Morgan fingerprint density at radius 3 is 2.06 bits per heavy atom. The Kier molecular flexibility index (Phi) is 6.78. The van der Waals surface area contributed by atoms with Crippen molar-refractivity contribution in [2.45, 2.75) is 16.7 Å². The predicted octanol–water partition coefficient (Wildman–Crippen LogP) is 5.40. The van der Waals surface area contributed by atoms with E-state index in [4.69, 9.17) is 10.5 Å². The predicted molar refractivity (Wildman–Crippen MR) is 135 cm³/mol. The Hall–Kier alpha value is -3.84. The molecule has 0 aliphatic rings. The van der Waals surface area contributed by atoms with Gasteiger partial charge in [-0.1, -0.05) is 24.3 Å².